The average Bonchev–Trinajstić information content (AvgIpc) is 3.41. The molecule has 7 nitrogen and oxygen atoms in total. The summed E-state index contributed by atoms with van der Waals surface area (Å²) in [5.41, 5.74) is 1.09. The third-order valence-electron chi connectivity index (χ3n) is 5.40. The fraction of sp³-hybridized carbons (Fsp3) is 0.450. The van der Waals surface area contributed by atoms with Gasteiger partial charge in [-0.2, -0.15) is 0 Å². The SMILES string of the molecule is O=C(CN1CCN(c2ccc(Br)cn2)CC1)c1c[nH]c(C(=O)N2CCCC2)c1. The number of rotatable bonds is 5. The Balaban J connectivity index is 1.30. The summed E-state index contributed by atoms with van der Waals surface area (Å²) in [6.07, 6.45) is 5.58. The number of hydrogen-bond donors (Lipinski definition) is 1. The summed E-state index contributed by atoms with van der Waals surface area (Å²) in [5, 5.41) is 0. The van der Waals surface area contributed by atoms with Gasteiger partial charge in [-0.1, -0.05) is 0 Å². The molecule has 1 N–H and O–H groups in total. The number of piperazine rings is 1. The lowest BCUT2D eigenvalue weighted by Crippen LogP contribution is -2.48. The summed E-state index contributed by atoms with van der Waals surface area (Å²) >= 11 is 3.40. The Morgan fingerprint density at radius 1 is 1.07 bits per heavy atom. The molecule has 0 spiro atoms. The molecule has 2 aromatic rings. The summed E-state index contributed by atoms with van der Waals surface area (Å²) < 4.78 is 0.967. The number of likely N-dealkylation sites (tertiary alicyclic amines) is 1. The number of anilines is 1. The van der Waals surface area contributed by atoms with E-state index in [1.54, 1.807) is 18.5 Å². The van der Waals surface area contributed by atoms with Gasteiger partial charge in [0.2, 0.25) is 0 Å². The fourth-order valence-electron chi connectivity index (χ4n) is 3.75. The van der Waals surface area contributed by atoms with Gasteiger partial charge in [0.25, 0.3) is 5.91 Å². The molecule has 2 aromatic heterocycles. The zero-order valence-corrected chi connectivity index (χ0v) is 17.3. The monoisotopic (exact) mass is 445 g/mol. The average molecular weight is 446 g/mol. The van der Waals surface area contributed by atoms with E-state index >= 15 is 0 Å². The maximum atomic E-state index is 12.6. The van der Waals surface area contributed by atoms with Crippen LogP contribution in [0, 0.1) is 0 Å². The Morgan fingerprint density at radius 3 is 2.50 bits per heavy atom. The van der Waals surface area contributed by atoms with Crippen LogP contribution in [0.2, 0.25) is 0 Å². The summed E-state index contributed by atoms with van der Waals surface area (Å²) in [6, 6.07) is 5.69. The zero-order chi connectivity index (χ0) is 19.5. The first-order valence-electron chi connectivity index (χ1n) is 9.70. The first kappa shape index (κ1) is 19.1. The molecule has 2 aliphatic heterocycles. The molecule has 148 valence electrons. The number of aromatic amines is 1. The number of halogens is 1. The van der Waals surface area contributed by atoms with Gasteiger partial charge in [0, 0.05) is 61.7 Å². The van der Waals surface area contributed by atoms with Crippen LogP contribution < -0.4 is 4.90 Å². The molecule has 0 aliphatic carbocycles. The molecule has 0 aromatic carbocycles. The fourth-order valence-corrected chi connectivity index (χ4v) is 3.99. The molecule has 8 heteroatoms. The molecular weight excluding hydrogens is 422 g/mol. The number of carbonyl (C=O) groups is 2. The number of aromatic nitrogens is 2. The molecule has 4 rings (SSSR count). The van der Waals surface area contributed by atoms with E-state index in [2.05, 4.69) is 35.7 Å². The van der Waals surface area contributed by atoms with E-state index in [-0.39, 0.29) is 11.7 Å². The molecule has 2 aliphatic rings. The van der Waals surface area contributed by atoms with E-state index in [0.717, 1.165) is 62.4 Å². The summed E-state index contributed by atoms with van der Waals surface area (Å²) in [6.45, 7) is 5.29. The Bertz CT molecular complexity index is 837. The first-order valence-corrected chi connectivity index (χ1v) is 10.5. The van der Waals surface area contributed by atoms with Crippen LogP contribution in [-0.4, -0.2) is 77.3 Å². The highest BCUT2D eigenvalue weighted by atomic mass is 79.9. The Hall–Kier alpha value is -2.19. The van der Waals surface area contributed by atoms with Crippen molar-refractivity contribution in [2.24, 2.45) is 0 Å². The second kappa shape index (κ2) is 8.45. The highest BCUT2D eigenvalue weighted by Crippen LogP contribution is 2.17. The van der Waals surface area contributed by atoms with Crippen LogP contribution >= 0.6 is 15.9 Å². The number of nitrogens with one attached hydrogen (secondary N) is 1. The van der Waals surface area contributed by atoms with E-state index in [4.69, 9.17) is 0 Å². The smallest absolute Gasteiger partial charge is 0.270 e. The van der Waals surface area contributed by atoms with Crippen molar-refractivity contribution >= 4 is 33.4 Å². The van der Waals surface area contributed by atoms with Crippen LogP contribution in [0.4, 0.5) is 5.82 Å². The van der Waals surface area contributed by atoms with Crippen molar-refractivity contribution < 1.29 is 9.59 Å². The van der Waals surface area contributed by atoms with Crippen LogP contribution in [0.25, 0.3) is 0 Å². The van der Waals surface area contributed by atoms with Crippen molar-refractivity contribution in [3.05, 3.63) is 46.3 Å². The lowest BCUT2D eigenvalue weighted by molar-refractivity contribution is 0.0787. The van der Waals surface area contributed by atoms with Crippen molar-refractivity contribution in [3.63, 3.8) is 0 Å². The number of carbonyl (C=O) groups excluding carboxylic acids is 2. The predicted octanol–water partition coefficient (Wildman–Crippen LogP) is 2.41. The summed E-state index contributed by atoms with van der Waals surface area (Å²) in [4.78, 5) is 38.7. The van der Waals surface area contributed by atoms with E-state index in [0.29, 0.717) is 17.8 Å². The number of hydrogen-bond acceptors (Lipinski definition) is 5. The molecule has 2 fully saturated rings. The number of pyridine rings is 1. The van der Waals surface area contributed by atoms with Crippen LogP contribution in [-0.2, 0) is 0 Å². The highest BCUT2D eigenvalue weighted by Gasteiger charge is 2.24. The number of ketones is 1. The van der Waals surface area contributed by atoms with Gasteiger partial charge >= 0.3 is 0 Å². The van der Waals surface area contributed by atoms with E-state index in [9.17, 15) is 9.59 Å². The maximum Gasteiger partial charge on any atom is 0.270 e. The van der Waals surface area contributed by atoms with Crippen LogP contribution in [0.3, 0.4) is 0 Å². The minimum absolute atomic E-state index is 0.00726. The molecule has 1 amide bonds. The third kappa shape index (κ3) is 4.28. The van der Waals surface area contributed by atoms with Crippen molar-refractivity contribution in [2.45, 2.75) is 12.8 Å². The zero-order valence-electron chi connectivity index (χ0n) is 15.7. The van der Waals surface area contributed by atoms with Crippen molar-refractivity contribution in [2.75, 3.05) is 50.7 Å². The van der Waals surface area contributed by atoms with Crippen molar-refractivity contribution in [1.29, 1.82) is 0 Å². The standard InChI is InChI=1S/C20H24BrN5O2/c21-16-3-4-19(23-13-16)25-9-7-24(8-10-25)14-18(27)15-11-17(22-12-15)20(28)26-5-1-2-6-26/h3-4,11-13,22H,1-2,5-10,14H2. The molecule has 0 unspecified atom stereocenters. The van der Waals surface area contributed by atoms with Gasteiger partial charge in [-0.05, 0) is 47.0 Å². The van der Waals surface area contributed by atoms with Gasteiger partial charge in [0.1, 0.15) is 11.5 Å². The van der Waals surface area contributed by atoms with E-state index in [1.807, 2.05) is 17.0 Å². The largest absolute Gasteiger partial charge is 0.356 e. The number of H-pyrrole nitrogens is 1. The third-order valence-corrected chi connectivity index (χ3v) is 5.87. The number of amides is 1. The highest BCUT2D eigenvalue weighted by molar-refractivity contribution is 9.10. The first-order chi connectivity index (χ1) is 13.6. The summed E-state index contributed by atoms with van der Waals surface area (Å²) in [7, 11) is 0. The molecule has 4 heterocycles. The van der Waals surface area contributed by atoms with Crippen molar-refractivity contribution in [1.82, 2.24) is 19.8 Å². The predicted molar refractivity (Wildman–Crippen MR) is 111 cm³/mol. The second-order valence-corrected chi connectivity index (χ2v) is 8.24. The van der Waals surface area contributed by atoms with Crippen LogP contribution in [0.5, 0.6) is 0 Å². The minimum atomic E-state index is -0.00726. The molecule has 0 saturated carbocycles. The molecule has 0 atom stereocenters. The van der Waals surface area contributed by atoms with Gasteiger partial charge in [0.15, 0.2) is 5.78 Å². The second-order valence-electron chi connectivity index (χ2n) is 7.32. The van der Waals surface area contributed by atoms with Crippen molar-refractivity contribution in [3.8, 4) is 0 Å². The minimum Gasteiger partial charge on any atom is -0.356 e. The molecular formula is C20H24BrN5O2. The van der Waals surface area contributed by atoms with Gasteiger partial charge in [-0.25, -0.2) is 4.98 Å². The molecule has 0 bridgehead atoms. The topological polar surface area (TPSA) is 72.5 Å². The van der Waals surface area contributed by atoms with E-state index in [1.165, 1.54) is 0 Å². The number of nitrogens with zero attached hydrogens (tertiary/aromatic N) is 4. The lowest BCUT2D eigenvalue weighted by atomic mass is 10.2. The molecule has 0 radical (unpaired) electrons. The Labute approximate surface area is 172 Å². The van der Waals surface area contributed by atoms with Crippen LogP contribution in [0.15, 0.2) is 35.1 Å². The molecule has 2 saturated heterocycles. The van der Waals surface area contributed by atoms with Gasteiger partial charge < -0.3 is 14.8 Å². The Kier molecular flexibility index (Phi) is 5.77. The van der Waals surface area contributed by atoms with Crippen LogP contribution in [0.1, 0.15) is 33.7 Å². The molecule has 28 heavy (non-hydrogen) atoms. The lowest BCUT2D eigenvalue weighted by Gasteiger charge is -2.35. The van der Waals surface area contributed by atoms with Gasteiger partial charge in [-0.15, -0.1) is 0 Å². The van der Waals surface area contributed by atoms with Gasteiger partial charge in [0.05, 0.1) is 6.54 Å². The quantitative estimate of drug-likeness (QED) is 0.715. The maximum absolute atomic E-state index is 12.6. The van der Waals surface area contributed by atoms with E-state index < -0.39 is 0 Å². The normalized spacial score (nSPS) is 17.9. The van der Waals surface area contributed by atoms with Gasteiger partial charge in [-0.3, -0.25) is 14.5 Å². The number of Topliss-reactive ketones (excluding diaryl/α,β-unsaturated/α-hetero) is 1. The Morgan fingerprint density at radius 2 is 1.82 bits per heavy atom. The summed E-state index contributed by atoms with van der Waals surface area (Å²) in [5.74, 6) is 1.00.